The van der Waals surface area contributed by atoms with E-state index in [-0.39, 0.29) is 11.8 Å². The minimum absolute atomic E-state index is 0.0825. The minimum atomic E-state index is -0.571. The Kier molecular flexibility index (Phi) is 4.05. The topological polar surface area (TPSA) is 35.6 Å². The SMILES string of the molecule is O=C(C1CCNC1)N1CCN(c2ccc(F)cc2F)CC1. The molecule has 21 heavy (non-hydrogen) atoms. The molecule has 2 heterocycles. The quantitative estimate of drug-likeness (QED) is 0.891. The van der Waals surface area contributed by atoms with E-state index in [9.17, 15) is 13.6 Å². The number of carbonyl (C=O) groups excluding carboxylic acids is 1. The number of anilines is 1. The normalized spacial score (nSPS) is 22.7. The maximum absolute atomic E-state index is 13.8. The van der Waals surface area contributed by atoms with E-state index in [1.165, 1.54) is 12.1 Å². The lowest BCUT2D eigenvalue weighted by Crippen LogP contribution is -2.50. The van der Waals surface area contributed by atoms with Gasteiger partial charge in [-0.2, -0.15) is 0 Å². The van der Waals surface area contributed by atoms with Crippen molar-refractivity contribution >= 4 is 11.6 Å². The van der Waals surface area contributed by atoms with Gasteiger partial charge in [-0.3, -0.25) is 4.79 Å². The highest BCUT2D eigenvalue weighted by Gasteiger charge is 2.29. The molecule has 2 fully saturated rings. The van der Waals surface area contributed by atoms with E-state index in [2.05, 4.69) is 5.32 Å². The van der Waals surface area contributed by atoms with E-state index >= 15 is 0 Å². The lowest BCUT2D eigenvalue weighted by Gasteiger charge is -2.37. The van der Waals surface area contributed by atoms with Crippen molar-refractivity contribution < 1.29 is 13.6 Å². The number of hydrogen-bond donors (Lipinski definition) is 1. The van der Waals surface area contributed by atoms with Crippen molar-refractivity contribution in [2.75, 3.05) is 44.2 Å². The van der Waals surface area contributed by atoms with E-state index in [4.69, 9.17) is 0 Å². The van der Waals surface area contributed by atoms with Crippen LogP contribution in [0.25, 0.3) is 0 Å². The maximum Gasteiger partial charge on any atom is 0.227 e. The Hall–Kier alpha value is -1.69. The van der Waals surface area contributed by atoms with Crippen LogP contribution in [0.3, 0.4) is 0 Å². The van der Waals surface area contributed by atoms with Crippen LogP contribution in [0.1, 0.15) is 6.42 Å². The van der Waals surface area contributed by atoms with Crippen molar-refractivity contribution in [3.05, 3.63) is 29.8 Å². The van der Waals surface area contributed by atoms with Crippen molar-refractivity contribution in [3.8, 4) is 0 Å². The summed E-state index contributed by atoms with van der Waals surface area (Å²) in [5.41, 5.74) is 0.408. The summed E-state index contributed by atoms with van der Waals surface area (Å²) in [4.78, 5) is 16.0. The van der Waals surface area contributed by atoms with Crippen LogP contribution >= 0.6 is 0 Å². The molecule has 1 aromatic carbocycles. The smallest absolute Gasteiger partial charge is 0.227 e. The molecule has 1 N–H and O–H groups in total. The third-order valence-corrected chi connectivity index (χ3v) is 4.25. The monoisotopic (exact) mass is 295 g/mol. The van der Waals surface area contributed by atoms with E-state index in [1.807, 2.05) is 9.80 Å². The van der Waals surface area contributed by atoms with Crippen molar-refractivity contribution in [2.24, 2.45) is 5.92 Å². The second-order valence-electron chi connectivity index (χ2n) is 5.60. The van der Waals surface area contributed by atoms with Crippen LogP contribution in [0.2, 0.25) is 0 Å². The van der Waals surface area contributed by atoms with Gasteiger partial charge in [-0.25, -0.2) is 8.78 Å². The standard InChI is InChI=1S/C15H19F2N3O/c16-12-1-2-14(13(17)9-12)19-5-7-20(8-6-19)15(21)11-3-4-18-10-11/h1-2,9,11,18H,3-8,10H2. The van der Waals surface area contributed by atoms with Crippen LogP contribution in [0.5, 0.6) is 0 Å². The Balaban J connectivity index is 1.60. The number of piperazine rings is 1. The van der Waals surface area contributed by atoms with Crippen molar-refractivity contribution in [3.63, 3.8) is 0 Å². The molecule has 114 valence electrons. The first-order chi connectivity index (χ1) is 10.1. The summed E-state index contributed by atoms with van der Waals surface area (Å²) in [5.74, 6) is -0.841. The van der Waals surface area contributed by atoms with Crippen LogP contribution < -0.4 is 10.2 Å². The Bertz CT molecular complexity index is 524. The molecule has 0 spiro atoms. The Morgan fingerprint density at radius 1 is 1.19 bits per heavy atom. The van der Waals surface area contributed by atoms with Gasteiger partial charge in [0.2, 0.25) is 5.91 Å². The van der Waals surface area contributed by atoms with E-state index in [1.54, 1.807) is 0 Å². The van der Waals surface area contributed by atoms with Gasteiger partial charge in [0.05, 0.1) is 11.6 Å². The fourth-order valence-corrected chi connectivity index (χ4v) is 3.03. The van der Waals surface area contributed by atoms with Gasteiger partial charge in [-0.15, -0.1) is 0 Å². The lowest BCUT2D eigenvalue weighted by atomic mass is 10.1. The lowest BCUT2D eigenvalue weighted by molar-refractivity contribution is -0.135. The van der Waals surface area contributed by atoms with Gasteiger partial charge in [-0.1, -0.05) is 0 Å². The van der Waals surface area contributed by atoms with Crippen LogP contribution in [0.4, 0.5) is 14.5 Å². The Morgan fingerprint density at radius 3 is 2.57 bits per heavy atom. The summed E-state index contributed by atoms with van der Waals surface area (Å²) in [7, 11) is 0. The Labute approximate surface area is 122 Å². The number of rotatable bonds is 2. The maximum atomic E-state index is 13.8. The molecule has 0 saturated carbocycles. The molecular formula is C15H19F2N3O. The molecule has 1 atom stereocenters. The second kappa shape index (κ2) is 5.97. The molecule has 0 aliphatic carbocycles. The predicted octanol–water partition coefficient (Wildman–Crippen LogP) is 1.22. The van der Waals surface area contributed by atoms with Gasteiger partial charge in [0.1, 0.15) is 11.6 Å². The molecule has 2 aliphatic heterocycles. The molecule has 1 unspecified atom stereocenters. The molecule has 2 saturated heterocycles. The first-order valence-corrected chi connectivity index (χ1v) is 7.34. The summed E-state index contributed by atoms with van der Waals surface area (Å²) in [5, 5.41) is 3.20. The van der Waals surface area contributed by atoms with Gasteiger partial charge < -0.3 is 15.1 Å². The molecule has 2 aliphatic rings. The van der Waals surface area contributed by atoms with Gasteiger partial charge in [-0.05, 0) is 25.1 Å². The zero-order valence-corrected chi connectivity index (χ0v) is 11.8. The highest BCUT2D eigenvalue weighted by molar-refractivity contribution is 5.79. The molecule has 1 amide bonds. The van der Waals surface area contributed by atoms with Crippen molar-refractivity contribution in [1.29, 1.82) is 0 Å². The van der Waals surface area contributed by atoms with Crippen molar-refractivity contribution in [2.45, 2.75) is 6.42 Å². The predicted molar refractivity (Wildman–Crippen MR) is 76.1 cm³/mol. The van der Waals surface area contributed by atoms with Gasteiger partial charge in [0.25, 0.3) is 0 Å². The summed E-state index contributed by atoms with van der Waals surface area (Å²) in [6.07, 6.45) is 0.894. The molecule has 0 aromatic heterocycles. The summed E-state index contributed by atoms with van der Waals surface area (Å²) in [6.45, 7) is 3.99. The fourth-order valence-electron chi connectivity index (χ4n) is 3.03. The summed E-state index contributed by atoms with van der Waals surface area (Å²) >= 11 is 0. The highest BCUT2D eigenvalue weighted by Crippen LogP contribution is 2.22. The number of nitrogens with zero attached hydrogens (tertiary/aromatic N) is 2. The van der Waals surface area contributed by atoms with Gasteiger partial charge in [0, 0.05) is 38.8 Å². The molecule has 4 nitrogen and oxygen atoms in total. The van der Waals surface area contributed by atoms with E-state index in [0.717, 1.165) is 25.6 Å². The second-order valence-corrected chi connectivity index (χ2v) is 5.60. The molecule has 6 heteroatoms. The van der Waals surface area contributed by atoms with Crippen LogP contribution in [0, 0.1) is 17.6 Å². The third-order valence-electron chi connectivity index (χ3n) is 4.25. The number of carbonyl (C=O) groups is 1. The highest BCUT2D eigenvalue weighted by atomic mass is 19.1. The molecule has 0 radical (unpaired) electrons. The first-order valence-electron chi connectivity index (χ1n) is 7.34. The summed E-state index contributed by atoms with van der Waals surface area (Å²) < 4.78 is 26.7. The zero-order chi connectivity index (χ0) is 14.8. The molecule has 0 bridgehead atoms. The van der Waals surface area contributed by atoms with Crippen LogP contribution in [-0.2, 0) is 4.79 Å². The number of benzene rings is 1. The number of halogens is 2. The van der Waals surface area contributed by atoms with Gasteiger partial charge in [0.15, 0.2) is 0 Å². The number of hydrogen-bond acceptors (Lipinski definition) is 3. The molecular weight excluding hydrogens is 276 g/mol. The number of amides is 1. The van der Waals surface area contributed by atoms with Gasteiger partial charge >= 0.3 is 0 Å². The average Bonchev–Trinajstić information content (AvgIpc) is 3.01. The van der Waals surface area contributed by atoms with Crippen LogP contribution in [-0.4, -0.2) is 50.1 Å². The van der Waals surface area contributed by atoms with E-state index in [0.29, 0.717) is 31.9 Å². The van der Waals surface area contributed by atoms with Crippen LogP contribution in [0.15, 0.2) is 18.2 Å². The summed E-state index contributed by atoms with van der Waals surface area (Å²) in [6, 6.07) is 3.63. The zero-order valence-electron chi connectivity index (χ0n) is 11.8. The molecule has 1 aromatic rings. The third kappa shape index (κ3) is 3.00. The Morgan fingerprint density at radius 2 is 1.95 bits per heavy atom. The van der Waals surface area contributed by atoms with E-state index < -0.39 is 11.6 Å². The average molecular weight is 295 g/mol. The number of nitrogens with one attached hydrogen (secondary N) is 1. The molecule has 3 rings (SSSR count). The largest absolute Gasteiger partial charge is 0.366 e. The van der Waals surface area contributed by atoms with Crippen molar-refractivity contribution in [1.82, 2.24) is 10.2 Å². The fraction of sp³-hybridized carbons (Fsp3) is 0.533. The first kappa shape index (κ1) is 14.3. The minimum Gasteiger partial charge on any atom is -0.366 e.